The number of carbonyl (C=O) groups excluding carboxylic acids is 2. The first-order valence-corrected chi connectivity index (χ1v) is 10.0. The van der Waals surface area contributed by atoms with Crippen molar-refractivity contribution in [2.75, 3.05) is 7.05 Å². The molecule has 0 unspecified atom stereocenters. The lowest BCUT2D eigenvalue weighted by Gasteiger charge is -2.10. The molecule has 0 spiro atoms. The topological polar surface area (TPSA) is 74.0 Å². The highest BCUT2D eigenvalue weighted by Gasteiger charge is 2.16. The molecule has 0 fully saturated rings. The third-order valence-electron chi connectivity index (χ3n) is 5.31. The summed E-state index contributed by atoms with van der Waals surface area (Å²) in [4.78, 5) is 27.4. The number of aromatic amines is 1. The first-order valence-electron chi connectivity index (χ1n) is 10.0. The van der Waals surface area contributed by atoms with Crippen LogP contribution in [0.3, 0.4) is 0 Å². The van der Waals surface area contributed by atoms with Crippen LogP contribution < -0.4 is 10.6 Å². The van der Waals surface area contributed by atoms with Crippen molar-refractivity contribution in [2.45, 2.75) is 13.5 Å². The second-order valence-electron chi connectivity index (χ2n) is 7.50. The summed E-state index contributed by atoms with van der Waals surface area (Å²) in [6, 6.07) is 15.9. The summed E-state index contributed by atoms with van der Waals surface area (Å²) in [7, 11) is 1.53. The molecule has 7 heteroatoms. The zero-order valence-electron chi connectivity index (χ0n) is 17.6. The van der Waals surface area contributed by atoms with Gasteiger partial charge in [-0.2, -0.15) is 0 Å². The number of hydrogen-bond donors (Lipinski definition) is 3. The average molecular weight is 433 g/mol. The van der Waals surface area contributed by atoms with E-state index in [1.807, 2.05) is 0 Å². The lowest BCUT2D eigenvalue weighted by atomic mass is 9.99. The summed E-state index contributed by atoms with van der Waals surface area (Å²) in [6.45, 7) is 1.78. The second kappa shape index (κ2) is 8.63. The van der Waals surface area contributed by atoms with E-state index in [-0.39, 0.29) is 18.0 Å². The number of halogens is 2. The Kier molecular flexibility index (Phi) is 5.73. The van der Waals surface area contributed by atoms with Gasteiger partial charge in [-0.3, -0.25) is 9.59 Å². The fourth-order valence-corrected chi connectivity index (χ4v) is 3.60. The zero-order chi connectivity index (χ0) is 22.8. The average Bonchev–Trinajstić information content (AvgIpc) is 3.22. The highest BCUT2D eigenvalue weighted by atomic mass is 19.1. The maximum absolute atomic E-state index is 15.0. The number of rotatable bonds is 5. The van der Waals surface area contributed by atoms with E-state index in [1.54, 1.807) is 43.3 Å². The van der Waals surface area contributed by atoms with E-state index in [0.29, 0.717) is 33.3 Å². The molecule has 2 amide bonds. The van der Waals surface area contributed by atoms with Gasteiger partial charge in [0.05, 0.1) is 0 Å². The van der Waals surface area contributed by atoms with Crippen LogP contribution in [0.5, 0.6) is 0 Å². The zero-order valence-corrected chi connectivity index (χ0v) is 17.6. The van der Waals surface area contributed by atoms with Gasteiger partial charge < -0.3 is 15.6 Å². The van der Waals surface area contributed by atoms with E-state index in [9.17, 15) is 18.4 Å². The van der Waals surface area contributed by atoms with E-state index in [4.69, 9.17) is 0 Å². The number of carbonyl (C=O) groups is 2. The molecule has 3 aromatic carbocycles. The molecular formula is C25H21F2N3O2. The molecule has 1 heterocycles. The van der Waals surface area contributed by atoms with Crippen molar-refractivity contribution < 1.29 is 18.4 Å². The Labute approximate surface area is 183 Å². The Morgan fingerprint density at radius 2 is 1.72 bits per heavy atom. The van der Waals surface area contributed by atoms with Gasteiger partial charge in [-0.1, -0.05) is 30.3 Å². The van der Waals surface area contributed by atoms with Crippen LogP contribution in [0.15, 0.2) is 60.7 Å². The van der Waals surface area contributed by atoms with Gasteiger partial charge in [-0.25, -0.2) is 8.78 Å². The standard InChI is InChI=1S/C25H21F2N3O2/c1-14-6-7-16(20(26)10-14)13-29-24(31)15-8-9-18(21(27)11-15)17-4-3-5-22-19(17)12-23(30-22)25(32)28-2/h3-12,30H,13H2,1-2H3,(H,28,32)(H,29,31). The van der Waals surface area contributed by atoms with E-state index >= 15 is 0 Å². The normalized spacial score (nSPS) is 10.9. The molecule has 0 bridgehead atoms. The molecule has 5 nitrogen and oxygen atoms in total. The molecule has 162 valence electrons. The number of fused-ring (bicyclic) bond motifs is 1. The minimum absolute atomic E-state index is 0.000750. The van der Waals surface area contributed by atoms with Crippen LogP contribution in [0, 0.1) is 18.6 Å². The van der Waals surface area contributed by atoms with E-state index in [1.165, 1.54) is 25.2 Å². The van der Waals surface area contributed by atoms with Crippen LogP contribution in [0.4, 0.5) is 8.78 Å². The van der Waals surface area contributed by atoms with E-state index in [2.05, 4.69) is 15.6 Å². The highest BCUT2D eigenvalue weighted by molar-refractivity contribution is 6.03. The predicted octanol–water partition coefficient (Wildman–Crippen LogP) is 4.71. The molecule has 0 atom stereocenters. The third-order valence-corrected chi connectivity index (χ3v) is 5.31. The van der Waals surface area contributed by atoms with Crippen LogP contribution >= 0.6 is 0 Å². The molecule has 1 aromatic heterocycles. The van der Waals surface area contributed by atoms with Gasteiger partial charge in [0, 0.05) is 41.2 Å². The number of nitrogens with one attached hydrogen (secondary N) is 3. The maximum Gasteiger partial charge on any atom is 0.267 e. The first-order chi connectivity index (χ1) is 15.4. The van der Waals surface area contributed by atoms with Crippen molar-refractivity contribution in [2.24, 2.45) is 0 Å². The summed E-state index contributed by atoms with van der Waals surface area (Å²) in [5.41, 5.74) is 3.24. The summed E-state index contributed by atoms with van der Waals surface area (Å²) >= 11 is 0. The maximum atomic E-state index is 15.0. The van der Waals surface area contributed by atoms with Crippen molar-refractivity contribution in [3.63, 3.8) is 0 Å². The number of amides is 2. The lowest BCUT2D eigenvalue weighted by molar-refractivity contribution is 0.0945. The number of H-pyrrole nitrogens is 1. The fourth-order valence-electron chi connectivity index (χ4n) is 3.60. The van der Waals surface area contributed by atoms with Crippen LogP contribution in [0.25, 0.3) is 22.0 Å². The Morgan fingerprint density at radius 3 is 2.44 bits per heavy atom. The van der Waals surface area contributed by atoms with Crippen molar-refractivity contribution >= 4 is 22.7 Å². The Bertz CT molecular complexity index is 1340. The molecule has 4 rings (SSSR count). The molecule has 0 radical (unpaired) electrons. The minimum Gasteiger partial charge on any atom is -0.354 e. The lowest BCUT2D eigenvalue weighted by Crippen LogP contribution is -2.23. The van der Waals surface area contributed by atoms with Gasteiger partial charge in [0.2, 0.25) is 0 Å². The van der Waals surface area contributed by atoms with Gasteiger partial charge in [0.15, 0.2) is 0 Å². The van der Waals surface area contributed by atoms with E-state index < -0.39 is 17.5 Å². The molecule has 0 aliphatic rings. The van der Waals surface area contributed by atoms with E-state index in [0.717, 1.165) is 11.6 Å². The van der Waals surface area contributed by atoms with Crippen LogP contribution in [0.2, 0.25) is 0 Å². The molecule has 0 saturated heterocycles. The van der Waals surface area contributed by atoms with Gasteiger partial charge in [-0.05, 0) is 48.4 Å². The molecule has 3 N–H and O–H groups in total. The predicted molar refractivity (Wildman–Crippen MR) is 119 cm³/mol. The molecule has 4 aromatic rings. The SMILES string of the molecule is CNC(=O)c1cc2c(-c3ccc(C(=O)NCc4ccc(C)cc4F)cc3F)cccc2[nH]1. The van der Waals surface area contributed by atoms with Gasteiger partial charge in [0.1, 0.15) is 17.3 Å². The Morgan fingerprint density at radius 1 is 0.906 bits per heavy atom. The minimum atomic E-state index is -0.575. The summed E-state index contributed by atoms with van der Waals surface area (Å²) in [5.74, 6) is -1.75. The number of hydrogen-bond acceptors (Lipinski definition) is 2. The summed E-state index contributed by atoms with van der Waals surface area (Å²) < 4.78 is 29.0. The molecule has 0 aliphatic heterocycles. The van der Waals surface area contributed by atoms with Crippen molar-refractivity contribution in [1.82, 2.24) is 15.6 Å². The monoisotopic (exact) mass is 433 g/mol. The van der Waals surface area contributed by atoms with Crippen molar-refractivity contribution in [3.8, 4) is 11.1 Å². The van der Waals surface area contributed by atoms with Crippen LogP contribution in [-0.4, -0.2) is 23.8 Å². The van der Waals surface area contributed by atoms with Crippen LogP contribution in [0.1, 0.15) is 32.0 Å². The van der Waals surface area contributed by atoms with Crippen molar-refractivity contribution in [1.29, 1.82) is 0 Å². The quantitative estimate of drug-likeness (QED) is 0.426. The first kappa shape index (κ1) is 21.2. The fraction of sp³-hybridized carbons (Fsp3) is 0.120. The van der Waals surface area contributed by atoms with Gasteiger partial charge in [0.25, 0.3) is 11.8 Å². The Hall–Kier alpha value is -4.00. The number of benzene rings is 3. The molecule has 32 heavy (non-hydrogen) atoms. The van der Waals surface area contributed by atoms with Crippen LogP contribution in [-0.2, 0) is 6.54 Å². The molecule has 0 aliphatic carbocycles. The summed E-state index contributed by atoms with van der Waals surface area (Å²) in [5, 5.41) is 5.86. The largest absolute Gasteiger partial charge is 0.354 e. The van der Waals surface area contributed by atoms with Gasteiger partial charge in [-0.15, -0.1) is 0 Å². The summed E-state index contributed by atoms with van der Waals surface area (Å²) in [6.07, 6.45) is 0. The molecular weight excluding hydrogens is 412 g/mol. The highest BCUT2D eigenvalue weighted by Crippen LogP contribution is 2.31. The smallest absolute Gasteiger partial charge is 0.267 e. The third kappa shape index (κ3) is 4.09. The van der Waals surface area contributed by atoms with Gasteiger partial charge >= 0.3 is 0 Å². The second-order valence-corrected chi connectivity index (χ2v) is 7.50. The molecule has 0 saturated carbocycles. The number of aromatic nitrogens is 1. The number of aryl methyl sites for hydroxylation is 1. The Balaban J connectivity index is 1.59. The van der Waals surface area contributed by atoms with Crippen molar-refractivity contribution in [3.05, 3.63) is 94.7 Å².